The third-order valence-corrected chi connectivity index (χ3v) is 4.34. The summed E-state index contributed by atoms with van der Waals surface area (Å²) in [5.74, 6) is -0.338. The van der Waals surface area contributed by atoms with Crippen molar-refractivity contribution >= 4 is 21.7 Å². The normalized spacial score (nSPS) is 10.9. The number of carbonyl (C=O) groups is 1. The molecule has 0 aliphatic rings. The van der Waals surface area contributed by atoms with E-state index in [9.17, 15) is 9.18 Å². The fraction of sp³-hybridized carbons (Fsp3) is 0.227. The van der Waals surface area contributed by atoms with E-state index in [2.05, 4.69) is 27.8 Å². The maximum atomic E-state index is 14.2. The minimum atomic E-state index is -0.464. The number of Topliss-reactive ketones (excluding diaryl/α,β-unsaturated/α-hetero) is 1. The molecule has 0 aromatic heterocycles. The number of hydrogen-bond acceptors (Lipinski definition) is 3. The molecule has 0 amide bonds. The van der Waals surface area contributed by atoms with Crippen LogP contribution in [0.25, 0.3) is 0 Å². The predicted octanol–water partition coefficient (Wildman–Crippen LogP) is 5.11. The Morgan fingerprint density at radius 1 is 1.19 bits per heavy atom. The van der Waals surface area contributed by atoms with Crippen LogP contribution in [-0.2, 0) is 6.42 Å². The molecule has 0 saturated heterocycles. The molecule has 0 radical (unpaired) electrons. The lowest BCUT2D eigenvalue weighted by Crippen LogP contribution is -2.14. The minimum absolute atomic E-state index is 0.0533. The van der Waals surface area contributed by atoms with Gasteiger partial charge in [-0.1, -0.05) is 52.4 Å². The van der Waals surface area contributed by atoms with Gasteiger partial charge < -0.3 is 10.1 Å². The van der Waals surface area contributed by atoms with E-state index in [4.69, 9.17) is 4.74 Å². The maximum absolute atomic E-state index is 14.2. The van der Waals surface area contributed by atoms with Crippen molar-refractivity contribution in [2.75, 3.05) is 19.7 Å². The molecule has 0 fully saturated rings. The Bertz CT molecular complexity index is 787. The fourth-order valence-electron chi connectivity index (χ4n) is 2.37. The molecule has 0 aliphatic heterocycles. The van der Waals surface area contributed by atoms with Crippen LogP contribution in [0.4, 0.5) is 4.39 Å². The first kappa shape index (κ1) is 21.1. The molecule has 3 nitrogen and oxygen atoms in total. The van der Waals surface area contributed by atoms with Gasteiger partial charge in [-0.05, 0) is 42.8 Å². The second-order valence-corrected chi connectivity index (χ2v) is 6.85. The average molecular weight is 432 g/mol. The molecule has 0 heterocycles. The molecule has 142 valence electrons. The Morgan fingerprint density at radius 3 is 2.67 bits per heavy atom. The van der Waals surface area contributed by atoms with E-state index >= 15 is 0 Å². The Labute approximate surface area is 168 Å². The molecule has 0 bridgehead atoms. The molecule has 0 unspecified atom stereocenters. The minimum Gasteiger partial charge on any atom is -0.486 e. The first-order valence-electron chi connectivity index (χ1n) is 8.76. The standard InChI is InChI=1S/C22H23BrFNO2/c1-2-3-12-25-13-4-5-14-27-22-11-6-17(15-20(22)24)16-21(26)18-7-9-19(23)10-8-18/h2,4-11,15,25H,1,3,12-14,16H2. The summed E-state index contributed by atoms with van der Waals surface area (Å²) < 4.78 is 20.5. The molecule has 0 spiro atoms. The Morgan fingerprint density at radius 2 is 1.96 bits per heavy atom. The van der Waals surface area contributed by atoms with Crippen molar-refractivity contribution in [1.82, 2.24) is 5.32 Å². The highest BCUT2D eigenvalue weighted by Crippen LogP contribution is 2.20. The largest absolute Gasteiger partial charge is 0.486 e. The van der Waals surface area contributed by atoms with Gasteiger partial charge in [-0.2, -0.15) is 0 Å². The van der Waals surface area contributed by atoms with Crippen LogP contribution in [0.2, 0.25) is 0 Å². The van der Waals surface area contributed by atoms with Crippen molar-refractivity contribution < 1.29 is 13.9 Å². The summed E-state index contributed by atoms with van der Waals surface area (Å²) in [6.07, 6.45) is 6.71. The highest BCUT2D eigenvalue weighted by Gasteiger charge is 2.10. The van der Waals surface area contributed by atoms with Crippen molar-refractivity contribution in [1.29, 1.82) is 0 Å². The van der Waals surface area contributed by atoms with Gasteiger partial charge in [-0.3, -0.25) is 4.79 Å². The lowest BCUT2D eigenvalue weighted by molar-refractivity contribution is 0.0993. The molecule has 2 rings (SSSR count). The third kappa shape index (κ3) is 7.49. The summed E-state index contributed by atoms with van der Waals surface area (Å²) in [6, 6.07) is 11.8. The topological polar surface area (TPSA) is 38.3 Å². The summed E-state index contributed by atoms with van der Waals surface area (Å²) in [6.45, 7) is 5.56. The molecular weight excluding hydrogens is 409 g/mol. The van der Waals surface area contributed by atoms with E-state index in [1.165, 1.54) is 6.07 Å². The van der Waals surface area contributed by atoms with Crippen LogP contribution in [0.5, 0.6) is 5.75 Å². The van der Waals surface area contributed by atoms with Gasteiger partial charge in [0.1, 0.15) is 6.61 Å². The monoisotopic (exact) mass is 431 g/mol. The molecule has 1 N–H and O–H groups in total. The Kier molecular flexibility index (Phi) is 8.95. The Hall–Kier alpha value is -2.24. The van der Waals surface area contributed by atoms with Crippen molar-refractivity contribution in [2.24, 2.45) is 0 Å². The fourth-order valence-corrected chi connectivity index (χ4v) is 2.64. The van der Waals surface area contributed by atoms with E-state index in [-0.39, 0.29) is 24.6 Å². The van der Waals surface area contributed by atoms with Gasteiger partial charge in [-0.15, -0.1) is 6.58 Å². The van der Waals surface area contributed by atoms with Crippen LogP contribution in [0.1, 0.15) is 22.3 Å². The average Bonchev–Trinajstić information content (AvgIpc) is 2.66. The van der Waals surface area contributed by atoms with Gasteiger partial charge in [0.2, 0.25) is 0 Å². The van der Waals surface area contributed by atoms with Gasteiger partial charge in [0.25, 0.3) is 0 Å². The number of ether oxygens (including phenoxy) is 1. The summed E-state index contributed by atoms with van der Waals surface area (Å²) in [5, 5.41) is 3.22. The number of carbonyl (C=O) groups excluding carboxylic acids is 1. The van der Waals surface area contributed by atoms with Crippen LogP contribution >= 0.6 is 15.9 Å². The van der Waals surface area contributed by atoms with Gasteiger partial charge in [0, 0.05) is 23.0 Å². The lowest BCUT2D eigenvalue weighted by Gasteiger charge is -2.07. The predicted molar refractivity (Wildman–Crippen MR) is 111 cm³/mol. The molecule has 5 heteroatoms. The quantitative estimate of drug-likeness (QED) is 0.305. The maximum Gasteiger partial charge on any atom is 0.167 e. The zero-order chi connectivity index (χ0) is 19.5. The van der Waals surface area contributed by atoms with Crippen molar-refractivity contribution in [2.45, 2.75) is 12.8 Å². The summed E-state index contributed by atoms with van der Waals surface area (Å²) >= 11 is 3.34. The highest BCUT2D eigenvalue weighted by molar-refractivity contribution is 9.10. The summed E-state index contributed by atoms with van der Waals surface area (Å²) in [5.41, 5.74) is 1.22. The third-order valence-electron chi connectivity index (χ3n) is 3.82. The van der Waals surface area contributed by atoms with Crippen molar-refractivity contribution in [3.63, 3.8) is 0 Å². The van der Waals surface area contributed by atoms with E-state index in [0.29, 0.717) is 11.1 Å². The van der Waals surface area contributed by atoms with Crippen molar-refractivity contribution in [3.8, 4) is 5.75 Å². The number of ketones is 1. The smallest absolute Gasteiger partial charge is 0.167 e. The van der Waals surface area contributed by atoms with E-state index in [0.717, 1.165) is 24.0 Å². The summed E-state index contributed by atoms with van der Waals surface area (Å²) in [7, 11) is 0. The van der Waals surface area contributed by atoms with Crippen LogP contribution in [0, 0.1) is 5.82 Å². The summed E-state index contributed by atoms with van der Waals surface area (Å²) in [4.78, 5) is 12.3. The second kappa shape index (κ2) is 11.5. The zero-order valence-electron chi connectivity index (χ0n) is 15.1. The van der Waals surface area contributed by atoms with E-state index < -0.39 is 5.82 Å². The van der Waals surface area contributed by atoms with Gasteiger partial charge >= 0.3 is 0 Å². The number of halogens is 2. The van der Waals surface area contributed by atoms with Crippen molar-refractivity contribution in [3.05, 3.63) is 88.7 Å². The lowest BCUT2D eigenvalue weighted by atomic mass is 10.0. The molecule has 27 heavy (non-hydrogen) atoms. The molecule has 0 saturated carbocycles. The van der Waals surface area contributed by atoms with Crippen LogP contribution in [-0.4, -0.2) is 25.5 Å². The molecule has 0 aliphatic carbocycles. The van der Waals surface area contributed by atoms with Gasteiger partial charge in [-0.25, -0.2) is 4.39 Å². The van der Waals surface area contributed by atoms with Crippen LogP contribution in [0.3, 0.4) is 0 Å². The first-order valence-corrected chi connectivity index (χ1v) is 9.56. The Balaban J connectivity index is 1.82. The molecule has 2 aromatic rings. The van der Waals surface area contributed by atoms with E-state index in [1.807, 2.05) is 30.4 Å². The van der Waals surface area contributed by atoms with Crippen LogP contribution < -0.4 is 10.1 Å². The number of benzene rings is 2. The van der Waals surface area contributed by atoms with E-state index in [1.54, 1.807) is 24.3 Å². The second-order valence-electron chi connectivity index (χ2n) is 5.94. The number of rotatable bonds is 11. The SMILES string of the molecule is C=CCCNCC=CCOc1ccc(CC(=O)c2ccc(Br)cc2)cc1F. The first-order chi connectivity index (χ1) is 13.1. The number of hydrogen-bond donors (Lipinski definition) is 1. The molecular formula is C22H23BrFNO2. The molecule has 0 atom stereocenters. The molecule has 2 aromatic carbocycles. The van der Waals surface area contributed by atoms with Crippen LogP contribution in [0.15, 0.2) is 71.7 Å². The van der Waals surface area contributed by atoms with Gasteiger partial charge in [0.05, 0.1) is 0 Å². The van der Waals surface area contributed by atoms with Gasteiger partial charge in [0.15, 0.2) is 17.3 Å². The zero-order valence-corrected chi connectivity index (χ0v) is 16.7. The number of nitrogens with one attached hydrogen (secondary N) is 1. The highest BCUT2D eigenvalue weighted by atomic mass is 79.9.